The van der Waals surface area contributed by atoms with Crippen LogP contribution in [-0.4, -0.2) is 35.4 Å². The molecule has 5 heteroatoms. The van der Waals surface area contributed by atoms with E-state index in [9.17, 15) is 4.79 Å². The Bertz CT molecular complexity index is 221. The Morgan fingerprint density at radius 3 is 1.80 bits per heavy atom. The predicted molar refractivity (Wildman–Crippen MR) is 70.2 cm³/mol. The molecule has 0 aliphatic rings. The fourth-order valence-electron chi connectivity index (χ4n) is 1.56. The van der Waals surface area contributed by atoms with Gasteiger partial charge in [-0.2, -0.15) is 4.99 Å². The number of hydrogen-bond acceptors (Lipinski definition) is 2. The summed E-state index contributed by atoms with van der Waals surface area (Å²) in [5.74, 6) is -0.0610. The van der Waals surface area contributed by atoms with E-state index in [-0.39, 0.29) is 29.9 Å². The van der Waals surface area contributed by atoms with E-state index >= 15 is 0 Å². The van der Waals surface area contributed by atoms with Crippen LogP contribution in [0.5, 0.6) is 0 Å². The molecule has 0 unspecified atom stereocenters. The summed E-state index contributed by atoms with van der Waals surface area (Å²) in [4.78, 5) is 16.3. The quantitative estimate of drug-likeness (QED) is 0.313. The highest BCUT2D eigenvalue weighted by Crippen LogP contribution is 2.61. The highest BCUT2D eigenvalue weighted by Gasteiger charge is 2.38. The summed E-state index contributed by atoms with van der Waals surface area (Å²) in [5.41, 5.74) is 0. The molecule has 0 saturated carbocycles. The molecule has 0 saturated heterocycles. The second-order valence-electron chi connectivity index (χ2n) is 3.21. The average Bonchev–Trinajstić information content (AvgIpc) is 2.19. The highest BCUT2D eigenvalue weighted by molar-refractivity contribution is 8.29. The molecule has 15 heavy (non-hydrogen) atoms. The summed E-state index contributed by atoms with van der Waals surface area (Å²) in [6, 6.07) is 0. The van der Waals surface area contributed by atoms with Gasteiger partial charge < -0.3 is 24.0 Å². The highest BCUT2D eigenvalue weighted by atomic mass is 127. The summed E-state index contributed by atoms with van der Waals surface area (Å²) in [5, 5.41) is 0. The van der Waals surface area contributed by atoms with E-state index in [1.807, 2.05) is 6.26 Å². The van der Waals surface area contributed by atoms with Crippen molar-refractivity contribution < 1.29 is 28.8 Å². The first-order valence-electron chi connectivity index (χ1n) is 5.06. The van der Waals surface area contributed by atoms with Crippen LogP contribution < -0.4 is 24.0 Å². The van der Waals surface area contributed by atoms with Crippen molar-refractivity contribution in [1.29, 1.82) is 0 Å². The van der Waals surface area contributed by atoms with Gasteiger partial charge in [-0.25, -0.2) is 0 Å². The largest absolute Gasteiger partial charge is 1.00 e. The molecule has 0 bridgehead atoms. The van der Waals surface area contributed by atoms with E-state index in [1.54, 1.807) is 11.8 Å². The molecule has 0 aromatic carbocycles. The third-order valence-electron chi connectivity index (χ3n) is 2.66. The number of thioether (sulfide) groups is 1. The van der Waals surface area contributed by atoms with Crippen LogP contribution in [0.15, 0.2) is 4.99 Å². The van der Waals surface area contributed by atoms with Gasteiger partial charge in [-0.1, -0.05) is 11.8 Å². The van der Waals surface area contributed by atoms with Gasteiger partial charge in [-0.05, 0) is 27.0 Å². The van der Waals surface area contributed by atoms with Gasteiger partial charge in [0.1, 0.15) is 0 Å². The van der Waals surface area contributed by atoms with Crippen LogP contribution in [0.2, 0.25) is 0 Å². The van der Waals surface area contributed by atoms with E-state index < -0.39 is 7.26 Å². The van der Waals surface area contributed by atoms with E-state index in [1.165, 1.54) is 6.92 Å². The first-order chi connectivity index (χ1) is 6.56. The van der Waals surface area contributed by atoms with Crippen molar-refractivity contribution in [3.8, 4) is 0 Å². The smallest absolute Gasteiger partial charge is 0.246 e. The molecule has 0 fully saturated rings. The Kier molecular flexibility index (Phi) is 10.9. The number of aliphatic imine (C=N–C) groups is 1. The van der Waals surface area contributed by atoms with Crippen molar-refractivity contribution in [1.82, 2.24) is 0 Å². The number of rotatable bonds is 4. The van der Waals surface area contributed by atoms with E-state index in [0.29, 0.717) is 0 Å². The zero-order valence-corrected chi connectivity index (χ0v) is 14.1. The zero-order valence-electron chi connectivity index (χ0n) is 10.2. The Balaban J connectivity index is 0. The van der Waals surface area contributed by atoms with Crippen LogP contribution in [0.3, 0.4) is 0 Å². The molecule has 0 atom stereocenters. The molecule has 2 nitrogen and oxygen atoms in total. The summed E-state index contributed by atoms with van der Waals surface area (Å²) >= 11 is 1.66. The van der Waals surface area contributed by atoms with Crippen LogP contribution >= 0.6 is 19.0 Å². The molecule has 0 aromatic heterocycles. The second kappa shape index (κ2) is 8.94. The summed E-state index contributed by atoms with van der Waals surface area (Å²) in [6.07, 6.45) is 5.50. The normalized spacial score (nSPS) is 12.2. The van der Waals surface area contributed by atoms with Gasteiger partial charge in [0.15, 0.2) is 0 Å². The lowest BCUT2D eigenvalue weighted by Gasteiger charge is -2.22. The van der Waals surface area contributed by atoms with Crippen molar-refractivity contribution in [3.63, 3.8) is 0 Å². The fraction of sp³-hybridized carbons (Fsp3) is 0.800. The Morgan fingerprint density at radius 2 is 1.60 bits per heavy atom. The predicted octanol–water partition coefficient (Wildman–Crippen LogP) is 0.333. The SMILES string of the molecule is CC[P+](CC)(CC)C(=NC(C)=O)SC.[I-]. The molecular weight excluding hydrogens is 340 g/mol. The van der Waals surface area contributed by atoms with Crippen LogP contribution in [-0.2, 0) is 4.79 Å². The molecule has 0 heterocycles. The third-order valence-corrected chi connectivity index (χ3v) is 9.37. The topological polar surface area (TPSA) is 29.4 Å². The standard InChI is InChI=1S/C10H21NOPS.HI/c1-6-13(7-2,8-3)10(14-5)11-9(4)12;/h6-8H2,1-5H3;1H/q+1;/p-1. The summed E-state index contributed by atoms with van der Waals surface area (Å²) in [6.45, 7) is 8.18. The molecule has 0 rings (SSSR count). The molecule has 90 valence electrons. The first-order valence-corrected chi connectivity index (χ1v) is 8.63. The minimum Gasteiger partial charge on any atom is -1.00 e. The van der Waals surface area contributed by atoms with E-state index in [4.69, 9.17) is 0 Å². The van der Waals surface area contributed by atoms with Crippen LogP contribution in [0.1, 0.15) is 27.7 Å². The third kappa shape index (κ3) is 5.14. The van der Waals surface area contributed by atoms with Crippen molar-refractivity contribution in [2.75, 3.05) is 24.7 Å². The minimum atomic E-state index is -1.11. The van der Waals surface area contributed by atoms with Crippen molar-refractivity contribution in [3.05, 3.63) is 0 Å². The zero-order chi connectivity index (χ0) is 11.2. The summed E-state index contributed by atoms with van der Waals surface area (Å²) < 4.78 is 0. The van der Waals surface area contributed by atoms with Gasteiger partial charge >= 0.3 is 0 Å². The number of amides is 1. The Hall–Kier alpha value is 0.850. The van der Waals surface area contributed by atoms with Crippen molar-refractivity contribution in [2.24, 2.45) is 4.99 Å². The molecule has 0 aliphatic heterocycles. The molecule has 0 radical (unpaired) electrons. The number of carbonyl (C=O) groups is 1. The van der Waals surface area contributed by atoms with Crippen LogP contribution in [0.25, 0.3) is 0 Å². The summed E-state index contributed by atoms with van der Waals surface area (Å²) in [7, 11) is -1.11. The van der Waals surface area contributed by atoms with Gasteiger partial charge in [-0.3, -0.25) is 4.79 Å². The van der Waals surface area contributed by atoms with Crippen LogP contribution in [0.4, 0.5) is 0 Å². The van der Waals surface area contributed by atoms with Gasteiger partial charge in [0.25, 0.3) is 0 Å². The maximum absolute atomic E-state index is 11.0. The van der Waals surface area contributed by atoms with E-state index in [2.05, 4.69) is 25.8 Å². The number of halogens is 1. The lowest BCUT2D eigenvalue weighted by atomic mass is 10.8. The average molecular weight is 361 g/mol. The van der Waals surface area contributed by atoms with E-state index in [0.717, 1.165) is 23.3 Å². The molecular formula is C10H21INOPS. The van der Waals surface area contributed by atoms with Gasteiger partial charge in [0.05, 0.1) is 25.7 Å². The Morgan fingerprint density at radius 1 is 1.20 bits per heavy atom. The number of nitrogens with zero attached hydrogens (tertiary/aromatic N) is 1. The molecule has 0 aromatic rings. The first kappa shape index (κ1) is 18.2. The fourth-order valence-corrected chi connectivity index (χ4v) is 6.99. The van der Waals surface area contributed by atoms with Gasteiger partial charge in [0.2, 0.25) is 10.7 Å². The lowest BCUT2D eigenvalue weighted by molar-refractivity contribution is -0.115. The molecule has 0 N–H and O–H groups in total. The lowest BCUT2D eigenvalue weighted by Crippen LogP contribution is -3.00. The number of carbonyl (C=O) groups excluding carboxylic acids is 1. The number of hydrogen-bond donors (Lipinski definition) is 0. The van der Waals surface area contributed by atoms with Crippen molar-refractivity contribution >= 4 is 29.7 Å². The minimum absolute atomic E-state index is 0. The molecule has 1 amide bonds. The second-order valence-corrected chi connectivity index (χ2v) is 8.92. The maximum atomic E-state index is 11.0. The van der Waals surface area contributed by atoms with Gasteiger partial charge in [0, 0.05) is 6.92 Å². The molecule has 0 spiro atoms. The monoisotopic (exact) mass is 361 g/mol. The van der Waals surface area contributed by atoms with Gasteiger partial charge in [-0.15, -0.1) is 0 Å². The van der Waals surface area contributed by atoms with Crippen LogP contribution in [0, 0.1) is 0 Å². The maximum Gasteiger partial charge on any atom is 0.246 e. The Labute approximate surface area is 115 Å². The van der Waals surface area contributed by atoms with Crippen molar-refractivity contribution in [2.45, 2.75) is 27.7 Å². The molecule has 0 aliphatic carbocycles.